The fraction of sp³-hybridized carbons (Fsp3) is 0.667. The Hall–Kier alpha value is -1.61. The van der Waals surface area contributed by atoms with E-state index in [1.807, 2.05) is 26.8 Å². The van der Waals surface area contributed by atoms with Gasteiger partial charge in [-0.15, -0.1) is 0 Å². The largest absolute Gasteiger partial charge is 0.481 e. The third-order valence-corrected chi connectivity index (χ3v) is 5.62. The highest BCUT2D eigenvalue weighted by molar-refractivity contribution is 8.26. The van der Waals surface area contributed by atoms with E-state index >= 15 is 0 Å². The Morgan fingerprint density at radius 3 is 2.52 bits per heavy atom. The second-order valence-electron chi connectivity index (χ2n) is 7.66. The molecule has 0 spiro atoms. The van der Waals surface area contributed by atoms with Crippen LogP contribution >= 0.6 is 24.0 Å². The molecule has 2 rings (SSSR count). The normalized spacial score (nSPS) is 20.5. The average molecular weight is 415 g/mol. The van der Waals surface area contributed by atoms with Crippen molar-refractivity contribution in [3.05, 3.63) is 11.0 Å². The minimum atomic E-state index is -0.882. The molecule has 2 heterocycles. The number of hydrogen-bond donors (Lipinski definition) is 1. The summed E-state index contributed by atoms with van der Waals surface area (Å²) < 4.78 is 5.87. The van der Waals surface area contributed by atoms with E-state index in [0.29, 0.717) is 35.3 Å². The van der Waals surface area contributed by atoms with Crippen LogP contribution in [0.1, 0.15) is 46.5 Å². The second-order valence-corrected chi connectivity index (χ2v) is 9.33. The van der Waals surface area contributed by atoms with E-state index in [-0.39, 0.29) is 24.3 Å². The van der Waals surface area contributed by atoms with Gasteiger partial charge in [-0.2, -0.15) is 0 Å². The molecular weight excluding hydrogens is 388 g/mol. The Morgan fingerprint density at radius 1 is 1.33 bits per heavy atom. The molecular formula is C18H26N2O5S2. The van der Waals surface area contributed by atoms with Crippen LogP contribution in [0.4, 0.5) is 4.79 Å². The molecule has 0 unspecified atom stereocenters. The molecule has 2 amide bonds. The van der Waals surface area contributed by atoms with Gasteiger partial charge in [0.1, 0.15) is 9.92 Å². The van der Waals surface area contributed by atoms with Gasteiger partial charge in [0.25, 0.3) is 5.91 Å². The monoisotopic (exact) mass is 414 g/mol. The van der Waals surface area contributed by atoms with Crippen LogP contribution in [0.5, 0.6) is 0 Å². The Kier molecular flexibility index (Phi) is 7.27. The zero-order chi connectivity index (χ0) is 20.2. The maximum absolute atomic E-state index is 12.5. The molecule has 2 saturated heterocycles. The Morgan fingerprint density at radius 2 is 1.96 bits per heavy atom. The number of rotatable bonds is 5. The van der Waals surface area contributed by atoms with Gasteiger partial charge in [0, 0.05) is 26.1 Å². The third kappa shape index (κ3) is 6.49. The lowest BCUT2D eigenvalue weighted by Crippen LogP contribution is -2.41. The van der Waals surface area contributed by atoms with Gasteiger partial charge >= 0.3 is 12.1 Å². The van der Waals surface area contributed by atoms with Crippen LogP contribution in [0.2, 0.25) is 0 Å². The highest BCUT2D eigenvalue weighted by Gasteiger charge is 2.33. The fourth-order valence-electron chi connectivity index (χ4n) is 2.88. The summed E-state index contributed by atoms with van der Waals surface area (Å²) in [6.07, 6.45) is 3.57. The first-order chi connectivity index (χ1) is 12.6. The summed E-state index contributed by atoms with van der Waals surface area (Å²) in [5, 5.41) is 8.72. The predicted molar refractivity (Wildman–Crippen MR) is 107 cm³/mol. The number of thioether (sulfide) groups is 1. The van der Waals surface area contributed by atoms with Crippen LogP contribution in [-0.2, 0) is 14.3 Å². The predicted octanol–water partition coefficient (Wildman–Crippen LogP) is 3.24. The van der Waals surface area contributed by atoms with Crippen LogP contribution < -0.4 is 0 Å². The molecule has 7 nitrogen and oxygen atoms in total. The maximum atomic E-state index is 12.5. The number of carboxylic acids is 1. The molecule has 0 aromatic rings. The van der Waals surface area contributed by atoms with Crippen molar-refractivity contribution in [1.82, 2.24) is 9.80 Å². The van der Waals surface area contributed by atoms with E-state index < -0.39 is 11.6 Å². The zero-order valence-electron chi connectivity index (χ0n) is 15.9. The van der Waals surface area contributed by atoms with Crippen LogP contribution in [0, 0.1) is 5.92 Å². The number of thiocarbonyl (C=S) groups is 1. The number of ether oxygens (including phenoxy) is 1. The topological polar surface area (TPSA) is 87.2 Å². The van der Waals surface area contributed by atoms with Gasteiger partial charge < -0.3 is 14.7 Å². The molecule has 0 aromatic heterocycles. The summed E-state index contributed by atoms with van der Waals surface area (Å²) in [5.74, 6) is -0.824. The van der Waals surface area contributed by atoms with Gasteiger partial charge in [0.15, 0.2) is 0 Å². The van der Waals surface area contributed by atoms with Crippen molar-refractivity contribution in [2.75, 3.05) is 19.6 Å². The van der Waals surface area contributed by atoms with Gasteiger partial charge in [0.2, 0.25) is 0 Å². The van der Waals surface area contributed by atoms with E-state index in [4.69, 9.17) is 22.1 Å². The fourth-order valence-corrected chi connectivity index (χ4v) is 4.26. The average Bonchev–Trinajstić information content (AvgIpc) is 2.81. The summed E-state index contributed by atoms with van der Waals surface area (Å²) in [5.41, 5.74) is -0.511. The SMILES string of the molecule is CC(C)(C)OC(=O)N1CCC(/C=C2\SC(=S)N(CCCC(=O)O)C2=O)CC1. The lowest BCUT2D eigenvalue weighted by atomic mass is 9.96. The Labute approximate surface area is 169 Å². The number of hydrogen-bond acceptors (Lipinski definition) is 6. The number of allylic oxidation sites excluding steroid dienone is 1. The number of amides is 2. The van der Waals surface area contributed by atoms with E-state index in [0.717, 1.165) is 12.8 Å². The molecule has 0 radical (unpaired) electrons. The number of likely N-dealkylation sites (tertiary alicyclic amines) is 1. The van der Waals surface area contributed by atoms with E-state index in [1.54, 1.807) is 4.90 Å². The standard InChI is InChI=1S/C18H26N2O5S2/c1-18(2,3)25-16(24)19-9-6-12(7-10-19)11-13-15(23)20(17(26)27-13)8-4-5-14(21)22/h11-12H,4-10H2,1-3H3,(H,21,22)/b13-11-. The summed E-state index contributed by atoms with van der Waals surface area (Å²) in [7, 11) is 0. The van der Waals surface area contributed by atoms with Crippen molar-refractivity contribution >= 4 is 46.3 Å². The molecule has 2 aliphatic rings. The third-order valence-electron chi connectivity index (χ3n) is 4.22. The highest BCUT2D eigenvalue weighted by Crippen LogP contribution is 2.34. The first kappa shape index (κ1) is 21.7. The molecule has 0 saturated carbocycles. The van der Waals surface area contributed by atoms with Gasteiger partial charge in [-0.1, -0.05) is 30.1 Å². The lowest BCUT2D eigenvalue weighted by Gasteiger charge is -2.32. The molecule has 2 fully saturated rings. The van der Waals surface area contributed by atoms with Crippen molar-refractivity contribution in [3.63, 3.8) is 0 Å². The van der Waals surface area contributed by atoms with Crippen LogP contribution in [0.15, 0.2) is 11.0 Å². The molecule has 0 atom stereocenters. The second kappa shape index (κ2) is 9.05. The van der Waals surface area contributed by atoms with E-state index in [1.165, 1.54) is 16.7 Å². The molecule has 0 aromatic carbocycles. The van der Waals surface area contributed by atoms with Crippen LogP contribution in [0.3, 0.4) is 0 Å². The zero-order valence-corrected chi connectivity index (χ0v) is 17.5. The first-order valence-corrected chi connectivity index (χ1v) is 10.2. The molecule has 0 aliphatic carbocycles. The number of carbonyl (C=O) groups is 3. The number of piperidine rings is 1. The van der Waals surface area contributed by atoms with E-state index in [2.05, 4.69) is 0 Å². The van der Waals surface area contributed by atoms with Crippen molar-refractivity contribution in [3.8, 4) is 0 Å². The van der Waals surface area contributed by atoms with Crippen LogP contribution in [0.25, 0.3) is 0 Å². The Balaban J connectivity index is 1.87. The summed E-state index contributed by atoms with van der Waals surface area (Å²) in [6.45, 7) is 7.04. The Bertz CT molecular complexity index is 649. The van der Waals surface area contributed by atoms with Gasteiger partial charge in [-0.3, -0.25) is 14.5 Å². The summed E-state index contributed by atoms with van der Waals surface area (Å²) in [4.78, 5) is 39.0. The van der Waals surface area contributed by atoms with Crippen molar-refractivity contribution in [2.45, 2.75) is 52.1 Å². The van der Waals surface area contributed by atoms with Gasteiger partial charge in [-0.25, -0.2) is 4.79 Å². The smallest absolute Gasteiger partial charge is 0.410 e. The summed E-state index contributed by atoms with van der Waals surface area (Å²) in [6, 6.07) is 0. The minimum absolute atomic E-state index is 0.0131. The van der Waals surface area contributed by atoms with Gasteiger partial charge in [-0.05, 0) is 46.0 Å². The number of carbonyl (C=O) groups excluding carboxylic acids is 2. The molecule has 0 bridgehead atoms. The van der Waals surface area contributed by atoms with Crippen molar-refractivity contribution < 1.29 is 24.2 Å². The molecule has 1 N–H and O–H groups in total. The maximum Gasteiger partial charge on any atom is 0.410 e. The lowest BCUT2D eigenvalue weighted by molar-refractivity contribution is -0.137. The number of nitrogens with zero attached hydrogens (tertiary/aromatic N) is 2. The molecule has 150 valence electrons. The number of carboxylic acid groups (broad SMARTS) is 1. The van der Waals surface area contributed by atoms with Gasteiger partial charge in [0.05, 0.1) is 4.91 Å². The van der Waals surface area contributed by atoms with E-state index in [9.17, 15) is 14.4 Å². The van der Waals surface area contributed by atoms with Crippen LogP contribution in [-0.4, -0.2) is 62.4 Å². The highest BCUT2D eigenvalue weighted by atomic mass is 32.2. The summed E-state index contributed by atoms with van der Waals surface area (Å²) >= 11 is 6.52. The van der Waals surface area contributed by atoms with Crippen molar-refractivity contribution in [1.29, 1.82) is 0 Å². The van der Waals surface area contributed by atoms with Crippen molar-refractivity contribution in [2.24, 2.45) is 5.92 Å². The molecule has 27 heavy (non-hydrogen) atoms. The quantitative estimate of drug-likeness (QED) is 0.546. The molecule has 2 aliphatic heterocycles. The first-order valence-electron chi connectivity index (χ1n) is 9.02. The number of aliphatic carboxylic acids is 1. The molecule has 9 heteroatoms. The minimum Gasteiger partial charge on any atom is -0.481 e.